The van der Waals surface area contributed by atoms with Crippen LogP contribution in [0.3, 0.4) is 0 Å². The van der Waals surface area contributed by atoms with E-state index in [9.17, 15) is 88.0 Å². The van der Waals surface area contributed by atoms with E-state index in [1.165, 1.54) is 36.4 Å². The summed E-state index contributed by atoms with van der Waals surface area (Å²) in [5.74, 6) is -4.77. The minimum atomic E-state index is -5.46. The minimum Gasteiger partial charge on any atom is -0.505 e. The first-order valence-corrected chi connectivity index (χ1v) is 31.9. The van der Waals surface area contributed by atoms with Gasteiger partial charge >= 0.3 is 0 Å². The Labute approximate surface area is 491 Å². The van der Waals surface area contributed by atoms with Crippen LogP contribution < -0.4 is 22.1 Å². The number of aromatic nitrogens is 6. The van der Waals surface area contributed by atoms with Crippen molar-refractivity contribution in [2.45, 2.75) is 29.4 Å². The summed E-state index contributed by atoms with van der Waals surface area (Å²) >= 11 is 12.9. The second-order valence-corrected chi connectivity index (χ2v) is 26.3. The average Bonchev–Trinajstić information content (AvgIpc) is 0.941. The summed E-state index contributed by atoms with van der Waals surface area (Å²) in [5.41, 5.74) is 7.11. The van der Waals surface area contributed by atoms with Crippen molar-refractivity contribution in [3.63, 3.8) is 0 Å². The van der Waals surface area contributed by atoms with E-state index in [2.05, 4.69) is 61.0 Å². The molecule has 0 aliphatic heterocycles. The number of nitrogens with two attached hydrogens (primary N) is 2. The van der Waals surface area contributed by atoms with Gasteiger partial charge in [-0.15, -0.1) is 20.5 Å². The zero-order valence-electron chi connectivity index (χ0n) is 41.5. The molecule has 2 aromatic heterocycles. The fraction of sp³-hybridized carbons (Fsp3) is 0. The molecule has 9 rings (SSSR count). The standard InChI is InChI=1S/C44H30Cl2N14O20S6/c45-41-51-39(53-43(55-41)49-25-15-19(81(63,64)65)11-17-13-29(85(75,76)77)35(37(61)31(17)25)59-57-23-5-1-3-7-27(23)83(69,70)71)21-9-10-22(47)34(48)33(21)40-52-42(46)56-44(54-40)50-26-16-20(82(66,67)68)12-18-14-30(86(78,79)80)36(38(62)32(18)26)60-58-24-6-2-4-8-28(24)84(72,73)74/h1-16,61-62H,47-48H2,(H,63,64,65)(H,66,67,68)(H,69,70,71)(H,72,73,74)(H,75,76,77)(H,78,79,80)(H,49,51,53,55)(H,50,52,54,56). The van der Waals surface area contributed by atoms with E-state index in [0.717, 1.165) is 24.3 Å². The van der Waals surface area contributed by atoms with E-state index in [-0.39, 0.29) is 22.5 Å². The lowest BCUT2D eigenvalue weighted by Crippen LogP contribution is -2.08. The number of hydrogen-bond donors (Lipinski definition) is 12. The van der Waals surface area contributed by atoms with E-state index < -0.39 is 191 Å². The second-order valence-electron chi connectivity index (χ2n) is 17.2. The zero-order valence-corrected chi connectivity index (χ0v) is 48.0. The number of phenols is 2. The lowest BCUT2D eigenvalue weighted by molar-refractivity contribution is 0.471. The van der Waals surface area contributed by atoms with Gasteiger partial charge in [-0.05, 0) is 107 Å². The van der Waals surface area contributed by atoms with E-state index in [0.29, 0.717) is 36.4 Å². The van der Waals surface area contributed by atoms with Crippen LogP contribution in [0.1, 0.15) is 0 Å². The summed E-state index contributed by atoms with van der Waals surface area (Å²) < 4.78 is 210. The molecular weight excluding hydrogens is 1310 g/mol. The smallest absolute Gasteiger partial charge is 0.296 e. The van der Waals surface area contributed by atoms with E-state index >= 15 is 0 Å². The fourth-order valence-electron chi connectivity index (χ4n) is 8.07. The number of azo groups is 2. The minimum absolute atomic E-state index is 0.178. The normalized spacial score (nSPS) is 12.8. The zero-order chi connectivity index (χ0) is 63.0. The van der Waals surface area contributed by atoms with Crippen LogP contribution in [0, 0.1) is 0 Å². The van der Waals surface area contributed by atoms with Gasteiger partial charge in [0.2, 0.25) is 22.5 Å². The number of anilines is 6. The molecule has 0 amide bonds. The molecule has 0 aliphatic carbocycles. The van der Waals surface area contributed by atoms with E-state index in [4.69, 9.17) is 34.7 Å². The average molecular weight is 1340 g/mol. The largest absolute Gasteiger partial charge is 0.505 e. The highest BCUT2D eigenvalue weighted by atomic mass is 35.5. The highest BCUT2D eigenvalue weighted by molar-refractivity contribution is 7.87. The van der Waals surface area contributed by atoms with Crippen LogP contribution in [0.2, 0.25) is 10.6 Å². The molecule has 42 heteroatoms. The summed E-state index contributed by atoms with van der Waals surface area (Å²) in [6, 6.07) is 15.0. The van der Waals surface area contributed by atoms with Crippen LogP contribution >= 0.6 is 23.2 Å². The highest BCUT2D eigenvalue weighted by Crippen LogP contribution is 2.48. The molecule has 9 aromatic rings. The fourth-order valence-corrected chi connectivity index (χ4v) is 12.0. The van der Waals surface area contributed by atoms with Gasteiger partial charge in [0.25, 0.3) is 60.7 Å². The maximum Gasteiger partial charge on any atom is 0.296 e. The predicted octanol–water partition coefficient (Wildman–Crippen LogP) is 7.38. The van der Waals surface area contributed by atoms with Crippen molar-refractivity contribution < 1.29 is 88.0 Å². The maximum absolute atomic E-state index is 12.8. The van der Waals surface area contributed by atoms with Gasteiger partial charge < -0.3 is 32.3 Å². The number of halogens is 2. The predicted molar refractivity (Wildman–Crippen MR) is 301 cm³/mol. The summed E-state index contributed by atoms with van der Waals surface area (Å²) in [7, 11) is -31.4. The number of hydrogen-bond acceptors (Lipinski definition) is 28. The van der Waals surface area contributed by atoms with Gasteiger partial charge in [0.15, 0.2) is 23.1 Å². The molecule has 86 heavy (non-hydrogen) atoms. The molecule has 0 aliphatic rings. The van der Waals surface area contributed by atoms with Gasteiger partial charge in [0, 0.05) is 16.3 Å². The Morgan fingerprint density at radius 1 is 0.430 bits per heavy atom. The van der Waals surface area contributed by atoms with Crippen LogP contribution in [0.15, 0.2) is 147 Å². The number of phenolic OH excluding ortho intramolecular Hbond substituents is 2. The van der Waals surface area contributed by atoms with Gasteiger partial charge in [0.05, 0.1) is 38.1 Å². The number of nitrogen functional groups attached to an aromatic ring is 2. The number of nitrogens with one attached hydrogen (secondary N) is 2. The summed E-state index contributed by atoms with van der Waals surface area (Å²) in [4.78, 5) is 18.8. The molecule has 0 spiro atoms. The topological polar surface area (TPSA) is 570 Å². The monoisotopic (exact) mass is 1340 g/mol. The Hall–Kier alpha value is -8.88. The van der Waals surface area contributed by atoms with E-state index in [1.807, 2.05) is 0 Å². The quantitative estimate of drug-likeness (QED) is 0.0255. The van der Waals surface area contributed by atoms with Crippen molar-refractivity contribution in [3.05, 3.63) is 108 Å². The molecule has 2 heterocycles. The number of benzene rings is 7. The van der Waals surface area contributed by atoms with Crippen molar-refractivity contribution >= 4 is 163 Å². The number of aromatic hydroxyl groups is 2. The van der Waals surface area contributed by atoms with Crippen molar-refractivity contribution in [2.75, 3.05) is 22.1 Å². The Morgan fingerprint density at radius 2 is 0.814 bits per heavy atom. The Kier molecular flexibility index (Phi) is 15.9. The first-order valence-electron chi connectivity index (χ1n) is 22.5. The molecule has 0 bridgehead atoms. The summed E-state index contributed by atoms with van der Waals surface area (Å²) in [6.45, 7) is 0. The Bertz CT molecular complexity index is 5230. The van der Waals surface area contributed by atoms with Gasteiger partial charge in [-0.1, -0.05) is 24.3 Å². The van der Waals surface area contributed by atoms with Crippen LogP contribution in [-0.2, 0) is 60.7 Å². The molecule has 0 fully saturated rings. The lowest BCUT2D eigenvalue weighted by Gasteiger charge is -2.17. The molecule has 0 radical (unpaired) electrons. The molecule has 446 valence electrons. The first-order chi connectivity index (χ1) is 39.9. The molecule has 0 unspecified atom stereocenters. The van der Waals surface area contributed by atoms with Crippen molar-refractivity contribution in [2.24, 2.45) is 20.5 Å². The van der Waals surface area contributed by atoms with Gasteiger partial charge in [-0.25, -0.2) is 0 Å². The molecule has 7 aromatic carbocycles. The van der Waals surface area contributed by atoms with Crippen LogP contribution in [0.25, 0.3) is 44.3 Å². The van der Waals surface area contributed by atoms with E-state index in [1.54, 1.807) is 0 Å². The second kappa shape index (κ2) is 22.2. The molecule has 0 saturated carbocycles. The summed E-state index contributed by atoms with van der Waals surface area (Å²) in [5, 5.41) is 39.6. The van der Waals surface area contributed by atoms with Gasteiger partial charge in [-0.3, -0.25) is 27.3 Å². The van der Waals surface area contributed by atoms with Crippen molar-refractivity contribution in [3.8, 4) is 34.3 Å². The van der Waals surface area contributed by atoms with Crippen LogP contribution in [0.4, 0.5) is 57.4 Å². The van der Waals surface area contributed by atoms with Crippen LogP contribution in [-0.4, -0.2) is 118 Å². The van der Waals surface area contributed by atoms with Gasteiger partial charge in [0.1, 0.15) is 42.3 Å². The molecular formula is C44H30Cl2N14O20S6. The molecule has 0 saturated heterocycles. The Balaban J connectivity index is 1.19. The van der Waals surface area contributed by atoms with Crippen molar-refractivity contribution in [1.29, 1.82) is 0 Å². The Morgan fingerprint density at radius 3 is 1.21 bits per heavy atom. The third-order valence-corrected chi connectivity index (χ3v) is 17.2. The maximum atomic E-state index is 12.8. The number of rotatable bonds is 16. The molecule has 0 atom stereocenters. The number of nitrogens with zero attached hydrogens (tertiary/aromatic N) is 10. The lowest BCUT2D eigenvalue weighted by atomic mass is 10.0. The van der Waals surface area contributed by atoms with Crippen molar-refractivity contribution in [1.82, 2.24) is 29.9 Å². The molecule has 34 nitrogen and oxygen atoms in total. The third kappa shape index (κ3) is 12.7. The SMILES string of the molecule is Nc1ccc(-c2nc(Cl)nc(Nc3cc(S(=O)(=O)O)cc4cc(S(=O)(=O)O)c(N=Nc5ccccc5S(=O)(=O)O)c(O)c34)n2)c(-c2nc(Cl)nc(Nc3cc(S(=O)(=O)O)cc4cc(S(=O)(=O)O)c(N=Nc5ccccc5S(=O)(=O)O)c(O)c34)n2)c1N. The summed E-state index contributed by atoms with van der Waals surface area (Å²) in [6.07, 6.45) is 0. The van der Waals surface area contributed by atoms with Crippen LogP contribution in [0.5, 0.6) is 11.5 Å². The molecule has 14 N–H and O–H groups in total. The first kappa shape index (κ1) is 61.7. The highest BCUT2D eigenvalue weighted by Gasteiger charge is 2.30. The van der Waals surface area contributed by atoms with Gasteiger partial charge in [-0.2, -0.15) is 80.4 Å². The third-order valence-electron chi connectivity index (χ3n) is 11.7. The number of fused-ring (bicyclic) bond motifs is 2.